The van der Waals surface area contributed by atoms with Crippen molar-refractivity contribution in [3.8, 4) is 0 Å². The van der Waals surface area contributed by atoms with Gasteiger partial charge in [-0.15, -0.1) is 12.4 Å². The highest BCUT2D eigenvalue weighted by Gasteiger charge is 2.38. The van der Waals surface area contributed by atoms with Crippen LogP contribution in [0.3, 0.4) is 0 Å². The van der Waals surface area contributed by atoms with Crippen LogP contribution in [0.25, 0.3) is 0 Å². The Morgan fingerprint density at radius 2 is 1.95 bits per heavy atom. The van der Waals surface area contributed by atoms with Crippen LogP contribution in [-0.4, -0.2) is 24.6 Å². The van der Waals surface area contributed by atoms with Crippen molar-refractivity contribution in [2.24, 2.45) is 11.7 Å². The molecule has 0 aliphatic rings. The maximum Gasteiger partial charge on any atom is 0.168 e. The maximum absolute atomic E-state index is 10.6. The summed E-state index contributed by atoms with van der Waals surface area (Å²) in [7, 11) is 1.47. The van der Waals surface area contributed by atoms with Crippen molar-refractivity contribution in [1.29, 1.82) is 0 Å². The van der Waals surface area contributed by atoms with E-state index in [1.54, 1.807) is 24.3 Å². The predicted octanol–water partition coefficient (Wildman–Crippen LogP) is 2.09. The Kier molecular flexibility index (Phi) is 7.23. The molecule has 3 atom stereocenters. The minimum Gasteiger partial charge on any atom is -0.388 e. The molecular weight excluding hydrogens is 266 g/mol. The number of carbonyl (C=O) groups excluding carboxylic acids is 1. The molecule has 4 nitrogen and oxygen atoms in total. The highest BCUT2D eigenvalue weighted by Crippen LogP contribution is 2.28. The molecule has 0 aromatic heterocycles. The molecule has 1 aromatic rings. The van der Waals surface area contributed by atoms with Crippen LogP contribution in [0.2, 0.25) is 0 Å². The van der Waals surface area contributed by atoms with Gasteiger partial charge in [-0.2, -0.15) is 0 Å². The van der Waals surface area contributed by atoms with Crippen LogP contribution in [0.5, 0.6) is 0 Å². The number of methoxy groups -OCH3 is 1. The topological polar surface area (TPSA) is 72.6 Å². The van der Waals surface area contributed by atoms with Crippen LogP contribution in [-0.2, 0) is 10.5 Å². The van der Waals surface area contributed by atoms with E-state index in [2.05, 4.69) is 0 Å². The molecule has 0 saturated heterocycles. The van der Waals surface area contributed by atoms with Gasteiger partial charge in [0.15, 0.2) is 5.72 Å². The monoisotopic (exact) mass is 287 g/mol. The Bertz CT molecular complexity index is 396. The first-order valence-electron chi connectivity index (χ1n) is 6.07. The minimum absolute atomic E-state index is 0. The van der Waals surface area contributed by atoms with Crippen molar-refractivity contribution >= 4 is 18.7 Å². The minimum atomic E-state index is -1.25. The number of hydrogen-bond donors (Lipinski definition) is 2. The molecule has 1 aromatic carbocycles. The first-order valence-corrected chi connectivity index (χ1v) is 6.07. The Hall–Kier alpha value is -0.940. The largest absolute Gasteiger partial charge is 0.388 e. The summed E-state index contributed by atoms with van der Waals surface area (Å²) in [6, 6.07) is 6.73. The number of halogens is 1. The van der Waals surface area contributed by atoms with Crippen LogP contribution < -0.4 is 5.73 Å². The van der Waals surface area contributed by atoms with E-state index in [4.69, 9.17) is 10.5 Å². The molecule has 1 unspecified atom stereocenters. The third-order valence-corrected chi connectivity index (χ3v) is 3.46. The summed E-state index contributed by atoms with van der Waals surface area (Å²) in [5.74, 6) is 0.0145. The molecule has 1 rings (SSSR count). The van der Waals surface area contributed by atoms with Crippen molar-refractivity contribution in [3.63, 3.8) is 0 Å². The van der Waals surface area contributed by atoms with Crippen LogP contribution >= 0.6 is 12.4 Å². The van der Waals surface area contributed by atoms with E-state index in [1.807, 2.05) is 13.8 Å². The summed E-state index contributed by atoms with van der Waals surface area (Å²) in [5.41, 5.74) is 6.14. The van der Waals surface area contributed by atoms with Gasteiger partial charge in [0.2, 0.25) is 0 Å². The van der Waals surface area contributed by atoms with Gasteiger partial charge in [-0.05, 0) is 5.92 Å². The second kappa shape index (κ2) is 7.60. The zero-order valence-corrected chi connectivity index (χ0v) is 12.3. The number of carbonyl (C=O) groups is 1. The normalized spacial score (nSPS) is 16.9. The average molecular weight is 288 g/mol. The molecule has 0 heterocycles. The van der Waals surface area contributed by atoms with E-state index in [1.165, 1.54) is 7.11 Å². The van der Waals surface area contributed by atoms with E-state index in [0.717, 1.165) is 12.7 Å². The summed E-state index contributed by atoms with van der Waals surface area (Å²) in [4.78, 5) is 10.6. The summed E-state index contributed by atoms with van der Waals surface area (Å²) >= 11 is 0. The predicted molar refractivity (Wildman–Crippen MR) is 77.4 cm³/mol. The fourth-order valence-corrected chi connectivity index (χ4v) is 1.88. The maximum atomic E-state index is 10.6. The molecule has 5 heteroatoms. The lowest BCUT2D eigenvalue weighted by atomic mass is 9.88. The van der Waals surface area contributed by atoms with E-state index in [-0.39, 0.29) is 18.3 Å². The van der Waals surface area contributed by atoms with Gasteiger partial charge >= 0.3 is 0 Å². The zero-order chi connectivity index (χ0) is 13.8. The quantitative estimate of drug-likeness (QED) is 0.621. The van der Waals surface area contributed by atoms with E-state index in [0.29, 0.717) is 11.1 Å². The molecule has 0 spiro atoms. The van der Waals surface area contributed by atoms with Crippen molar-refractivity contribution in [2.75, 3.05) is 7.11 Å². The van der Waals surface area contributed by atoms with Gasteiger partial charge in [-0.3, -0.25) is 10.5 Å². The highest BCUT2D eigenvalue weighted by molar-refractivity contribution is 5.85. The Labute approximate surface area is 120 Å². The Morgan fingerprint density at radius 3 is 2.32 bits per heavy atom. The van der Waals surface area contributed by atoms with Gasteiger partial charge in [-0.25, -0.2) is 0 Å². The van der Waals surface area contributed by atoms with Crippen molar-refractivity contribution in [1.82, 2.24) is 0 Å². The first-order chi connectivity index (χ1) is 8.49. The molecule has 0 fully saturated rings. The highest BCUT2D eigenvalue weighted by atomic mass is 35.5. The van der Waals surface area contributed by atoms with Gasteiger partial charge in [0.25, 0.3) is 0 Å². The standard InChI is InChI=1S/C14H21NO3.ClH/c1-4-10(2)13(17)14(15,18-3)12-7-5-11(9-16)6-8-12;/h5-10,13,17H,4,15H2,1-3H3;1H/t10?,13-,14-;/m0./s1. The van der Waals surface area contributed by atoms with Crippen molar-refractivity contribution in [3.05, 3.63) is 35.4 Å². The second-order valence-corrected chi connectivity index (χ2v) is 4.57. The molecule has 108 valence electrons. The molecule has 0 aliphatic heterocycles. The lowest BCUT2D eigenvalue weighted by Crippen LogP contribution is -2.52. The van der Waals surface area contributed by atoms with Gasteiger partial charge in [0, 0.05) is 18.2 Å². The van der Waals surface area contributed by atoms with E-state index >= 15 is 0 Å². The number of ether oxygens (including phenoxy) is 1. The lowest BCUT2D eigenvalue weighted by molar-refractivity contribution is -0.125. The van der Waals surface area contributed by atoms with Gasteiger partial charge in [0.05, 0.1) is 0 Å². The Morgan fingerprint density at radius 1 is 1.42 bits per heavy atom. The van der Waals surface area contributed by atoms with Crippen LogP contribution in [0.15, 0.2) is 24.3 Å². The smallest absolute Gasteiger partial charge is 0.168 e. The summed E-state index contributed by atoms with van der Waals surface area (Å²) in [6.07, 6.45) is 0.755. The fraction of sp³-hybridized carbons (Fsp3) is 0.500. The van der Waals surface area contributed by atoms with Crippen molar-refractivity contribution < 1.29 is 14.6 Å². The SMILES string of the molecule is CCC(C)[C@H](O)[C@@](N)(OC)c1ccc(C=O)cc1.Cl. The van der Waals surface area contributed by atoms with Crippen LogP contribution in [0.1, 0.15) is 36.2 Å². The van der Waals surface area contributed by atoms with Crippen LogP contribution in [0, 0.1) is 5.92 Å². The van der Waals surface area contributed by atoms with Crippen molar-refractivity contribution in [2.45, 2.75) is 32.1 Å². The average Bonchev–Trinajstić information content (AvgIpc) is 2.44. The summed E-state index contributed by atoms with van der Waals surface area (Å²) in [6.45, 7) is 3.91. The number of nitrogens with two attached hydrogens (primary N) is 1. The number of rotatable bonds is 6. The number of aliphatic hydroxyl groups is 1. The third-order valence-electron chi connectivity index (χ3n) is 3.46. The molecule has 0 saturated carbocycles. The molecule has 0 aliphatic carbocycles. The molecule has 0 amide bonds. The van der Waals surface area contributed by atoms with E-state index in [9.17, 15) is 9.90 Å². The summed E-state index contributed by atoms with van der Waals surface area (Å²) in [5, 5.41) is 10.3. The number of hydrogen-bond acceptors (Lipinski definition) is 4. The molecule has 0 bridgehead atoms. The molecular formula is C14H22ClNO3. The first kappa shape index (κ1) is 18.1. The summed E-state index contributed by atoms with van der Waals surface area (Å²) < 4.78 is 5.32. The van der Waals surface area contributed by atoms with E-state index < -0.39 is 11.8 Å². The number of aliphatic hydroxyl groups excluding tert-OH is 1. The lowest BCUT2D eigenvalue weighted by Gasteiger charge is -2.36. The number of benzene rings is 1. The van der Waals surface area contributed by atoms with Gasteiger partial charge < -0.3 is 9.84 Å². The Balaban J connectivity index is 0.00000324. The van der Waals surface area contributed by atoms with Crippen LogP contribution in [0.4, 0.5) is 0 Å². The second-order valence-electron chi connectivity index (χ2n) is 4.57. The van der Waals surface area contributed by atoms with Gasteiger partial charge in [0.1, 0.15) is 12.4 Å². The molecule has 0 radical (unpaired) electrons. The zero-order valence-electron chi connectivity index (χ0n) is 11.5. The fourth-order valence-electron chi connectivity index (χ4n) is 1.88. The molecule has 19 heavy (non-hydrogen) atoms. The number of aldehydes is 1. The molecule has 3 N–H and O–H groups in total. The van der Waals surface area contributed by atoms with Gasteiger partial charge in [-0.1, -0.05) is 44.5 Å². The third kappa shape index (κ3) is 3.76.